The molecule has 2 aromatic rings. The summed E-state index contributed by atoms with van der Waals surface area (Å²) in [4.78, 5) is 20.1. The molecule has 2 aromatic heterocycles. The van der Waals surface area contributed by atoms with Crippen LogP contribution in [0.25, 0.3) is 0 Å². The lowest BCUT2D eigenvalue weighted by molar-refractivity contribution is 0.0940. The third-order valence-electron chi connectivity index (χ3n) is 2.30. The highest BCUT2D eigenvalue weighted by Crippen LogP contribution is 2.18. The Morgan fingerprint density at radius 3 is 3.00 bits per heavy atom. The van der Waals surface area contributed by atoms with Crippen molar-refractivity contribution in [2.75, 3.05) is 5.73 Å². The number of nitrogens with zero attached hydrogens (tertiary/aromatic N) is 2. The van der Waals surface area contributed by atoms with Gasteiger partial charge in [-0.15, -0.1) is 11.3 Å². The van der Waals surface area contributed by atoms with Crippen LogP contribution >= 0.6 is 27.3 Å². The Balaban J connectivity index is 2.15. The topological polar surface area (TPSA) is 80.9 Å². The van der Waals surface area contributed by atoms with E-state index in [2.05, 4.69) is 31.2 Å². The lowest BCUT2D eigenvalue weighted by Crippen LogP contribution is -2.27. The van der Waals surface area contributed by atoms with Gasteiger partial charge in [0.05, 0.1) is 11.6 Å². The molecule has 1 unspecified atom stereocenters. The van der Waals surface area contributed by atoms with Crippen LogP contribution in [-0.4, -0.2) is 15.9 Å². The average Bonchev–Trinajstić information content (AvgIpc) is 2.85. The van der Waals surface area contributed by atoms with E-state index in [9.17, 15) is 4.79 Å². The number of carbonyl (C=O) groups is 1. The van der Waals surface area contributed by atoms with Crippen molar-refractivity contribution >= 4 is 39.0 Å². The maximum absolute atomic E-state index is 12.0. The Labute approximate surface area is 117 Å². The molecule has 0 aliphatic carbocycles. The van der Waals surface area contributed by atoms with E-state index in [4.69, 9.17) is 5.73 Å². The zero-order valence-electron chi connectivity index (χ0n) is 9.55. The molecule has 0 saturated heterocycles. The van der Waals surface area contributed by atoms with Gasteiger partial charge in [-0.3, -0.25) is 4.79 Å². The molecule has 5 nitrogen and oxygen atoms in total. The number of aromatic nitrogens is 2. The van der Waals surface area contributed by atoms with Gasteiger partial charge in [0.2, 0.25) is 0 Å². The Morgan fingerprint density at radius 1 is 1.56 bits per heavy atom. The summed E-state index contributed by atoms with van der Waals surface area (Å²) in [5.41, 5.74) is 6.03. The predicted octanol–water partition coefficient (Wildman–Crippen LogP) is 2.37. The number of hydrogen-bond acceptors (Lipinski definition) is 5. The van der Waals surface area contributed by atoms with Gasteiger partial charge in [0.15, 0.2) is 0 Å². The Bertz CT molecular complexity index is 558. The number of nitrogen functional groups attached to an aromatic ring is 1. The Hall–Kier alpha value is -1.47. The molecule has 1 amide bonds. The maximum Gasteiger partial charge on any atom is 0.255 e. The van der Waals surface area contributed by atoms with Crippen LogP contribution in [0.15, 0.2) is 28.3 Å². The fraction of sp³-hybridized carbons (Fsp3) is 0.182. The largest absolute Gasteiger partial charge is 0.383 e. The van der Waals surface area contributed by atoms with Gasteiger partial charge >= 0.3 is 0 Å². The first-order chi connectivity index (χ1) is 8.58. The van der Waals surface area contributed by atoms with Gasteiger partial charge in [-0.2, -0.15) is 0 Å². The van der Waals surface area contributed by atoms with Crippen molar-refractivity contribution in [2.45, 2.75) is 13.0 Å². The summed E-state index contributed by atoms with van der Waals surface area (Å²) in [6, 6.07) is 1.49. The van der Waals surface area contributed by atoms with Crippen molar-refractivity contribution < 1.29 is 4.79 Å². The lowest BCUT2D eigenvalue weighted by Gasteiger charge is -2.12. The van der Waals surface area contributed by atoms with Crippen molar-refractivity contribution in [1.29, 1.82) is 0 Å². The summed E-state index contributed by atoms with van der Waals surface area (Å²) in [5.74, 6) is -0.0500. The van der Waals surface area contributed by atoms with Crippen LogP contribution in [0.3, 0.4) is 0 Å². The molecule has 3 N–H and O–H groups in total. The van der Waals surface area contributed by atoms with Crippen LogP contribution < -0.4 is 11.1 Å². The summed E-state index contributed by atoms with van der Waals surface area (Å²) in [5, 5.41) is 5.55. The Morgan fingerprint density at radius 2 is 2.33 bits per heavy atom. The molecular formula is C11H11BrN4OS. The van der Waals surface area contributed by atoms with Gasteiger partial charge in [-0.25, -0.2) is 9.97 Å². The van der Waals surface area contributed by atoms with E-state index >= 15 is 0 Å². The summed E-state index contributed by atoms with van der Waals surface area (Å²) >= 11 is 4.75. The number of amides is 1. The molecular weight excluding hydrogens is 316 g/mol. The molecule has 0 radical (unpaired) electrons. The van der Waals surface area contributed by atoms with Crippen molar-refractivity contribution in [1.82, 2.24) is 15.3 Å². The van der Waals surface area contributed by atoms with Crippen molar-refractivity contribution in [3.05, 3.63) is 38.9 Å². The van der Waals surface area contributed by atoms with E-state index in [-0.39, 0.29) is 17.8 Å². The van der Waals surface area contributed by atoms with Crippen LogP contribution in [0, 0.1) is 0 Å². The number of pyridine rings is 1. The van der Waals surface area contributed by atoms with E-state index < -0.39 is 0 Å². The smallest absolute Gasteiger partial charge is 0.255 e. The van der Waals surface area contributed by atoms with E-state index in [0.29, 0.717) is 10.0 Å². The van der Waals surface area contributed by atoms with Gasteiger partial charge in [0, 0.05) is 22.2 Å². The second kappa shape index (κ2) is 5.45. The van der Waals surface area contributed by atoms with Crippen molar-refractivity contribution in [3.8, 4) is 0 Å². The molecule has 2 heterocycles. The molecule has 0 spiro atoms. The van der Waals surface area contributed by atoms with Crippen LogP contribution in [0.2, 0.25) is 0 Å². The molecule has 0 saturated carbocycles. The quantitative estimate of drug-likeness (QED) is 0.907. The van der Waals surface area contributed by atoms with Gasteiger partial charge in [0.25, 0.3) is 5.91 Å². The van der Waals surface area contributed by atoms with Crippen LogP contribution in [0.5, 0.6) is 0 Å². The number of thiazole rings is 1. The highest BCUT2D eigenvalue weighted by molar-refractivity contribution is 9.10. The second-order valence-electron chi connectivity index (χ2n) is 3.65. The van der Waals surface area contributed by atoms with E-state index in [1.165, 1.54) is 11.3 Å². The summed E-state index contributed by atoms with van der Waals surface area (Å²) < 4.78 is 0.712. The molecule has 1 atom stereocenters. The van der Waals surface area contributed by atoms with Gasteiger partial charge < -0.3 is 11.1 Å². The zero-order valence-corrected chi connectivity index (χ0v) is 12.0. The first kappa shape index (κ1) is 13.0. The number of nitrogens with two attached hydrogens (primary N) is 1. The molecule has 0 aliphatic rings. The van der Waals surface area contributed by atoms with E-state index in [1.807, 2.05) is 12.3 Å². The van der Waals surface area contributed by atoms with Gasteiger partial charge in [0.1, 0.15) is 10.8 Å². The molecule has 18 heavy (non-hydrogen) atoms. The average molecular weight is 327 g/mol. The fourth-order valence-corrected chi connectivity index (χ4v) is 2.39. The first-order valence-electron chi connectivity index (χ1n) is 5.19. The van der Waals surface area contributed by atoms with Crippen LogP contribution in [0.4, 0.5) is 5.82 Å². The van der Waals surface area contributed by atoms with E-state index in [0.717, 1.165) is 5.01 Å². The molecule has 7 heteroatoms. The minimum Gasteiger partial charge on any atom is -0.383 e. The Kier molecular flexibility index (Phi) is 3.93. The molecule has 2 rings (SSSR count). The fourth-order valence-electron chi connectivity index (χ4n) is 1.42. The number of halogens is 1. The normalized spacial score (nSPS) is 12.1. The molecule has 0 fully saturated rings. The minimum atomic E-state index is -0.260. The van der Waals surface area contributed by atoms with Gasteiger partial charge in [-0.05, 0) is 28.9 Å². The highest BCUT2D eigenvalue weighted by Gasteiger charge is 2.16. The zero-order chi connectivity index (χ0) is 13.1. The van der Waals surface area contributed by atoms with Crippen LogP contribution in [0.1, 0.15) is 28.3 Å². The number of carbonyl (C=O) groups excluding carboxylic acids is 1. The maximum atomic E-state index is 12.0. The van der Waals surface area contributed by atoms with E-state index in [1.54, 1.807) is 18.5 Å². The highest BCUT2D eigenvalue weighted by atomic mass is 79.9. The summed E-state index contributed by atoms with van der Waals surface area (Å²) in [7, 11) is 0. The predicted molar refractivity (Wildman–Crippen MR) is 74.3 cm³/mol. The first-order valence-corrected chi connectivity index (χ1v) is 6.86. The molecule has 0 aromatic carbocycles. The SMILES string of the molecule is CC(NC(=O)c1cc(Br)cnc1N)c1nccs1. The summed E-state index contributed by atoms with van der Waals surface area (Å²) in [6.45, 7) is 1.87. The number of rotatable bonds is 3. The molecule has 0 aliphatic heterocycles. The monoisotopic (exact) mass is 326 g/mol. The third-order valence-corrected chi connectivity index (χ3v) is 3.69. The van der Waals surface area contributed by atoms with Crippen molar-refractivity contribution in [3.63, 3.8) is 0 Å². The van der Waals surface area contributed by atoms with Gasteiger partial charge in [-0.1, -0.05) is 0 Å². The lowest BCUT2D eigenvalue weighted by atomic mass is 10.2. The number of hydrogen-bond donors (Lipinski definition) is 2. The number of anilines is 1. The second-order valence-corrected chi connectivity index (χ2v) is 5.49. The minimum absolute atomic E-state index is 0.157. The summed E-state index contributed by atoms with van der Waals surface area (Å²) in [6.07, 6.45) is 3.26. The number of nitrogens with one attached hydrogen (secondary N) is 1. The molecule has 0 bridgehead atoms. The third kappa shape index (κ3) is 2.85. The van der Waals surface area contributed by atoms with Crippen molar-refractivity contribution in [2.24, 2.45) is 0 Å². The molecule has 94 valence electrons. The standard InChI is InChI=1S/C11H11BrN4OS/c1-6(11-14-2-3-18-11)16-10(17)8-4-7(12)5-15-9(8)13/h2-6H,1H3,(H2,13,15)(H,16,17). The van der Waals surface area contributed by atoms with Crippen LogP contribution in [-0.2, 0) is 0 Å².